The quantitative estimate of drug-likeness (QED) is 0.810. The summed E-state index contributed by atoms with van der Waals surface area (Å²) in [5, 5.41) is 0. The first-order chi connectivity index (χ1) is 11.4. The SMILES string of the molecule is CO[C@@H]1CCC[C@@]12CCCN(C(=O)c1cccc(C(F)(F)F)c1)C2. The third-order valence-corrected chi connectivity index (χ3v) is 5.44. The Morgan fingerprint density at radius 2 is 2.04 bits per heavy atom. The van der Waals surface area contributed by atoms with Crippen molar-refractivity contribution in [3.8, 4) is 0 Å². The number of hydrogen-bond donors (Lipinski definition) is 0. The van der Waals surface area contributed by atoms with Crippen molar-refractivity contribution in [1.82, 2.24) is 4.90 Å². The van der Waals surface area contributed by atoms with Crippen molar-refractivity contribution < 1.29 is 22.7 Å². The summed E-state index contributed by atoms with van der Waals surface area (Å²) in [5.41, 5.74) is -0.714. The van der Waals surface area contributed by atoms with Gasteiger partial charge in [0.05, 0.1) is 11.7 Å². The molecule has 1 saturated heterocycles. The molecular weight excluding hydrogens is 319 g/mol. The van der Waals surface area contributed by atoms with Crippen molar-refractivity contribution in [2.24, 2.45) is 5.41 Å². The Bertz CT molecular complexity index is 617. The van der Waals surface area contributed by atoms with Gasteiger partial charge in [-0.15, -0.1) is 0 Å². The molecule has 1 heterocycles. The van der Waals surface area contributed by atoms with Crippen molar-refractivity contribution in [2.45, 2.75) is 44.4 Å². The highest BCUT2D eigenvalue weighted by atomic mass is 19.4. The number of nitrogens with zero attached hydrogens (tertiary/aromatic N) is 1. The maximum Gasteiger partial charge on any atom is 0.416 e. The minimum atomic E-state index is -4.44. The molecule has 0 radical (unpaired) electrons. The van der Waals surface area contributed by atoms with E-state index in [1.54, 1.807) is 12.0 Å². The number of amides is 1. The second kappa shape index (κ2) is 6.39. The van der Waals surface area contributed by atoms with Gasteiger partial charge in [0.15, 0.2) is 0 Å². The number of hydrogen-bond acceptors (Lipinski definition) is 2. The van der Waals surface area contributed by atoms with Crippen molar-refractivity contribution in [1.29, 1.82) is 0 Å². The van der Waals surface area contributed by atoms with E-state index in [4.69, 9.17) is 4.74 Å². The number of methoxy groups -OCH3 is 1. The van der Waals surface area contributed by atoms with E-state index in [-0.39, 0.29) is 23.0 Å². The number of halogens is 3. The maximum absolute atomic E-state index is 12.9. The summed E-state index contributed by atoms with van der Waals surface area (Å²) in [6.07, 6.45) is 0.646. The van der Waals surface area contributed by atoms with Crippen LogP contribution in [0.4, 0.5) is 13.2 Å². The number of carbonyl (C=O) groups excluding carboxylic acids is 1. The van der Waals surface area contributed by atoms with Gasteiger partial charge >= 0.3 is 6.18 Å². The second-order valence-corrected chi connectivity index (χ2v) is 6.89. The van der Waals surface area contributed by atoms with Gasteiger partial charge < -0.3 is 9.64 Å². The number of likely N-dealkylation sites (tertiary alicyclic amines) is 1. The van der Waals surface area contributed by atoms with E-state index >= 15 is 0 Å². The van der Waals surface area contributed by atoms with E-state index in [0.717, 1.165) is 44.2 Å². The largest absolute Gasteiger partial charge is 0.416 e. The molecule has 1 aromatic carbocycles. The zero-order valence-corrected chi connectivity index (χ0v) is 13.7. The van der Waals surface area contributed by atoms with Crippen LogP contribution in [0.25, 0.3) is 0 Å². The minimum Gasteiger partial charge on any atom is -0.381 e. The molecule has 0 unspecified atom stereocenters. The van der Waals surface area contributed by atoms with Gasteiger partial charge in [-0.2, -0.15) is 13.2 Å². The van der Waals surface area contributed by atoms with Crippen molar-refractivity contribution in [3.63, 3.8) is 0 Å². The predicted molar refractivity (Wildman–Crippen MR) is 83.7 cm³/mol. The van der Waals surface area contributed by atoms with Crippen LogP contribution in [0.15, 0.2) is 24.3 Å². The summed E-state index contributed by atoms with van der Waals surface area (Å²) in [6.45, 7) is 1.16. The van der Waals surface area contributed by atoms with Crippen molar-refractivity contribution in [3.05, 3.63) is 35.4 Å². The second-order valence-electron chi connectivity index (χ2n) is 6.89. The molecule has 1 aliphatic heterocycles. The van der Waals surface area contributed by atoms with Gasteiger partial charge in [0.1, 0.15) is 0 Å². The molecule has 0 N–H and O–H groups in total. The Hall–Kier alpha value is -1.56. The molecule has 1 spiro atoms. The molecule has 1 aliphatic carbocycles. The molecule has 132 valence electrons. The Kier molecular flexibility index (Phi) is 4.60. The first-order valence-electron chi connectivity index (χ1n) is 8.35. The number of alkyl halides is 3. The Labute approximate surface area is 139 Å². The molecule has 2 atom stereocenters. The van der Waals surface area contributed by atoms with Crippen LogP contribution in [-0.2, 0) is 10.9 Å². The Morgan fingerprint density at radius 1 is 1.29 bits per heavy atom. The normalized spacial score (nSPS) is 27.7. The lowest BCUT2D eigenvalue weighted by atomic mass is 9.76. The van der Waals surface area contributed by atoms with E-state index in [1.165, 1.54) is 12.1 Å². The highest BCUT2D eigenvalue weighted by Crippen LogP contribution is 2.46. The van der Waals surface area contributed by atoms with E-state index in [2.05, 4.69) is 0 Å². The maximum atomic E-state index is 12.9. The van der Waals surface area contributed by atoms with Crippen molar-refractivity contribution >= 4 is 5.91 Å². The van der Waals surface area contributed by atoms with Crippen LogP contribution in [0.2, 0.25) is 0 Å². The molecule has 6 heteroatoms. The van der Waals surface area contributed by atoms with E-state index in [1.807, 2.05) is 0 Å². The fourth-order valence-electron chi connectivity index (χ4n) is 4.29. The van der Waals surface area contributed by atoms with Gasteiger partial charge in [0, 0.05) is 31.2 Å². The molecule has 3 nitrogen and oxygen atoms in total. The Morgan fingerprint density at radius 3 is 2.75 bits per heavy atom. The highest BCUT2D eigenvalue weighted by molar-refractivity contribution is 5.94. The predicted octanol–water partition coefficient (Wildman–Crippen LogP) is 4.13. The van der Waals surface area contributed by atoms with Crippen LogP contribution in [0, 0.1) is 5.41 Å². The van der Waals surface area contributed by atoms with Gasteiger partial charge in [0.2, 0.25) is 0 Å². The van der Waals surface area contributed by atoms with Crippen LogP contribution in [0.1, 0.15) is 48.0 Å². The van der Waals surface area contributed by atoms with E-state index in [9.17, 15) is 18.0 Å². The van der Waals surface area contributed by atoms with Gasteiger partial charge in [-0.05, 0) is 43.9 Å². The zero-order valence-electron chi connectivity index (χ0n) is 13.7. The third-order valence-electron chi connectivity index (χ3n) is 5.44. The third kappa shape index (κ3) is 3.16. The molecule has 24 heavy (non-hydrogen) atoms. The van der Waals surface area contributed by atoms with Crippen LogP contribution in [-0.4, -0.2) is 37.1 Å². The van der Waals surface area contributed by atoms with Crippen LogP contribution >= 0.6 is 0 Å². The van der Waals surface area contributed by atoms with Crippen LogP contribution in [0.5, 0.6) is 0 Å². The molecule has 2 fully saturated rings. The lowest BCUT2D eigenvalue weighted by Gasteiger charge is -2.43. The number of piperidine rings is 1. The fourth-order valence-corrected chi connectivity index (χ4v) is 4.29. The van der Waals surface area contributed by atoms with E-state index < -0.39 is 11.7 Å². The van der Waals surface area contributed by atoms with Crippen LogP contribution in [0.3, 0.4) is 0 Å². The first-order valence-corrected chi connectivity index (χ1v) is 8.35. The topological polar surface area (TPSA) is 29.5 Å². The zero-order chi connectivity index (χ0) is 17.4. The van der Waals surface area contributed by atoms with Gasteiger partial charge in [-0.25, -0.2) is 0 Å². The minimum absolute atomic E-state index is 0.0374. The lowest BCUT2D eigenvalue weighted by molar-refractivity contribution is -0.137. The molecule has 3 rings (SSSR count). The molecule has 0 aromatic heterocycles. The lowest BCUT2D eigenvalue weighted by Crippen LogP contribution is -2.49. The van der Waals surface area contributed by atoms with E-state index in [0.29, 0.717) is 13.1 Å². The fraction of sp³-hybridized carbons (Fsp3) is 0.611. The smallest absolute Gasteiger partial charge is 0.381 e. The van der Waals surface area contributed by atoms with Crippen LogP contribution < -0.4 is 0 Å². The average molecular weight is 341 g/mol. The molecule has 1 amide bonds. The summed E-state index contributed by atoms with van der Waals surface area (Å²) in [4.78, 5) is 14.4. The van der Waals surface area contributed by atoms with Crippen molar-refractivity contribution in [2.75, 3.05) is 20.2 Å². The first kappa shape index (κ1) is 17.3. The number of ether oxygens (including phenoxy) is 1. The van der Waals surface area contributed by atoms with Gasteiger partial charge in [-0.3, -0.25) is 4.79 Å². The molecular formula is C18H22F3NO2. The number of rotatable bonds is 2. The number of carbonyl (C=O) groups is 1. The molecule has 0 bridgehead atoms. The molecule has 1 saturated carbocycles. The monoisotopic (exact) mass is 341 g/mol. The van der Waals surface area contributed by atoms with Gasteiger partial charge in [0.25, 0.3) is 5.91 Å². The molecule has 2 aliphatic rings. The summed E-state index contributed by atoms with van der Waals surface area (Å²) in [5.74, 6) is -0.318. The summed E-state index contributed by atoms with van der Waals surface area (Å²) in [7, 11) is 1.70. The highest BCUT2D eigenvalue weighted by Gasteiger charge is 2.46. The van der Waals surface area contributed by atoms with Gasteiger partial charge in [-0.1, -0.05) is 12.5 Å². The standard InChI is InChI=1S/C18H22F3NO2/c1-24-15-7-3-8-17(15)9-4-10-22(12-17)16(23)13-5-2-6-14(11-13)18(19,20)21/h2,5-6,11,15H,3-4,7-10,12H2,1H3/t15-,17+/m1/s1. The molecule has 1 aromatic rings. The summed E-state index contributed by atoms with van der Waals surface area (Å²) < 4.78 is 44.2. The number of benzene rings is 1. The Balaban J connectivity index is 1.80. The average Bonchev–Trinajstić information content (AvgIpc) is 2.95. The summed E-state index contributed by atoms with van der Waals surface area (Å²) >= 11 is 0. The summed E-state index contributed by atoms with van der Waals surface area (Å²) in [6, 6.07) is 4.70.